The Kier molecular flexibility index (Phi) is 9.86. The van der Waals surface area contributed by atoms with Crippen LogP contribution in [-0.4, -0.2) is 30.3 Å². The van der Waals surface area contributed by atoms with Crippen molar-refractivity contribution in [3.8, 4) is 0 Å². The first-order chi connectivity index (χ1) is 8.07. The number of guanidine groups is 1. The van der Waals surface area contributed by atoms with E-state index in [1.807, 2.05) is 0 Å². The predicted octanol–water partition coefficient (Wildman–Crippen LogP) is 0.954. The van der Waals surface area contributed by atoms with Gasteiger partial charge < -0.3 is 16.8 Å². The fourth-order valence-electron chi connectivity index (χ4n) is 1.45. The van der Waals surface area contributed by atoms with Gasteiger partial charge in [0.05, 0.1) is 6.04 Å². The van der Waals surface area contributed by atoms with Crippen LogP contribution < -0.4 is 16.8 Å². The van der Waals surface area contributed by atoms with Gasteiger partial charge in [-0.1, -0.05) is 19.8 Å². The first-order valence-corrected chi connectivity index (χ1v) is 6.43. The van der Waals surface area contributed by atoms with Crippen LogP contribution >= 0.6 is 11.6 Å². The van der Waals surface area contributed by atoms with E-state index in [0.29, 0.717) is 13.0 Å². The average Bonchev–Trinajstić information content (AvgIpc) is 2.26. The molecule has 1 unspecified atom stereocenters. The number of nitrogens with zero attached hydrogens (tertiary/aromatic N) is 1. The molecule has 0 aliphatic carbocycles. The van der Waals surface area contributed by atoms with Crippen LogP contribution in [0, 0.1) is 0 Å². The molecule has 1 atom stereocenters. The lowest BCUT2D eigenvalue weighted by Gasteiger charge is -2.13. The number of aliphatic imine (C=N–C) groups is 1. The maximum absolute atomic E-state index is 11.2. The van der Waals surface area contributed by atoms with Crippen molar-refractivity contribution in [3.05, 3.63) is 0 Å². The van der Waals surface area contributed by atoms with Gasteiger partial charge in [0.25, 0.3) is 0 Å². The Hall–Kier alpha value is -0.810. The Morgan fingerprint density at radius 2 is 2.06 bits per heavy atom. The molecule has 0 aliphatic rings. The van der Waals surface area contributed by atoms with Gasteiger partial charge in [0.15, 0.2) is 5.96 Å². The van der Waals surface area contributed by atoms with Crippen molar-refractivity contribution in [1.29, 1.82) is 0 Å². The standard InChI is InChI=1S/C11H23ClN4O/c1-2-3-4-7-15-9(10(12)17)6-5-8-16-11(13)14/h9,15H,2-8H2,1H3,(H4,13,14,16). The lowest BCUT2D eigenvalue weighted by Crippen LogP contribution is -2.35. The Balaban J connectivity index is 3.75. The number of rotatable bonds is 10. The second kappa shape index (κ2) is 10.4. The van der Waals surface area contributed by atoms with E-state index < -0.39 is 0 Å². The van der Waals surface area contributed by atoms with Crippen LogP contribution in [0.25, 0.3) is 0 Å². The Morgan fingerprint density at radius 3 is 2.59 bits per heavy atom. The molecule has 5 nitrogen and oxygen atoms in total. The first kappa shape index (κ1) is 16.2. The molecular weight excluding hydrogens is 240 g/mol. The zero-order valence-electron chi connectivity index (χ0n) is 10.4. The third kappa shape index (κ3) is 10.1. The molecule has 0 saturated carbocycles. The van der Waals surface area contributed by atoms with E-state index in [2.05, 4.69) is 17.2 Å². The largest absolute Gasteiger partial charge is 0.370 e. The number of unbranched alkanes of at least 4 members (excludes halogenated alkanes) is 2. The summed E-state index contributed by atoms with van der Waals surface area (Å²) >= 11 is 5.51. The Bertz CT molecular complexity index is 242. The molecule has 0 amide bonds. The van der Waals surface area contributed by atoms with Crippen LogP contribution in [0.1, 0.15) is 39.0 Å². The van der Waals surface area contributed by atoms with Crippen molar-refractivity contribution in [2.75, 3.05) is 13.1 Å². The van der Waals surface area contributed by atoms with Crippen LogP contribution in [0.15, 0.2) is 4.99 Å². The summed E-state index contributed by atoms with van der Waals surface area (Å²) in [5, 5.41) is 2.81. The van der Waals surface area contributed by atoms with Crippen molar-refractivity contribution in [1.82, 2.24) is 5.32 Å². The average molecular weight is 263 g/mol. The number of hydrogen-bond donors (Lipinski definition) is 3. The van der Waals surface area contributed by atoms with Gasteiger partial charge >= 0.3 is 0 Å². The first-order valence-electron chi connectivity index (χ1n) is 6.06. The van der Waals surface area contributed by atoms with Crippen LogP contribution in [0.3, 0.4) is 0 Å². The fourth-order valence-corrected chi connectivity index (χ4v) is 1.64. The van der Waals surface area contributed by atoms with E-state index in [-0.39, 0.29) is 17.2 Å². The fraction of sp³-hybridized carbons (Fsp3) is 0.818. The number of carbonyl (C=O) groups is 1. The van der Waals surface area contributed by atoms with Gasteiger partial charge in [-0.25, -0.2) is 0 Å². The highest BCUT2D eigenvalue weighted by Crippen LogP contribution is 2.03. The molecule has 0 spiro atoms. The van der Waals surface area contributed by atoms with Crippen molar-refractivity contribution in [2.45, 2.75) is 45.1 Å². The summed E-state index contributed by atoms with van der Waals surface area (Å²) in [4.78, 5) is 15.0. The molecular formula is C11H23ClN4O. The highest BCUT2D eigenvalue weighted by molar-refractivity contribution is 6.64. The van der Waals surface area contributed by atoms with Gasteiger partial charge in [-0.3, -0.25) is 9.79 Å². The number of carbonyl (C=O) groups excluding carboxylic acids is 1. The molecule has 0 saturated heterocycles. The summed E-state index contributed by atoms with van der Waals surface area (Å²) < 4.78 is 0. The molecule has 6 heteroatoms. The normalized spacial score (nSPS) is 12.1. The quantitative estimate of drug-likeness (QED) is 0.237. The van der Waals surface area contributed by atoms with Crippen molar-refractivity contribution in [2.24, 2.45) is 16.5 Å². The van der Waals surface area contributed by atoms with Gasteiger partial charge in [-0.2, -0.15) is 0 Å². The predicted molar refractivity (Wildman–Crippen MR) is 72.1 cm³/mol. The number of nitrogens with one attached hydrogen (secondary N) is 1. The number of hydrogen-bond acceptors (Lipinski definition) is 3. The van der Waals surface area contributed by atoms with E-state index in [1.165, 1.54) is 0 Å². The van der Waals surface area contributed by atoms with Crippen LogP contribution in [0.2, 0.25) is 0 Å². The summed E-state index contributed by atoms with van der Waals surface area (Å²) in [6, 6.07) is -0.289. The molecule has 5 N–H and O–H groups in total. The highest BCUT2D eigenvalue weighted by Gasteiger charge is 2.14. The zero-order chi connectivity index (χ0) is 13.1. The summed E-state index contributed by atoms with van der Waals surface area (Å²) in [5.74, 6) is 0.0784. The minimum absolute atomic E-state index is 0.0784. The number of halogens is 1. The summed E-state index contributed by atoms with van der Waals surface area (Å²) in [6.45, 7) is 3.48. The van der Waals surface area contributed by atoms with Gasteiger partial charge in [0.2, 0.25) is 5.24 Å². The highest BCUT2D eigenvalue weighted by atomic mass is 35.5. The van der Waals surface area contributed by atoms with Crippen LogP contribution in [-0.2, 0) is 4.79 Å². The minimum Gasteiger partial charge on any atom is -0.370 e. The minimum atomic E-state index is -0.341. The van der Waals surface area contributed by atoms with Crippen molar-refractivity contribution < 1.29 is 4.79 Å². The molecule has 0 aromatic carbocycles. The lowest BCUT2D eigenvalue weighted by molar-refractivity contribution is -0.113. The van der Waals surface area contributed by atoms with E-state index >= 15 is 0 Å². The van der Waals surface area contributed by atoms with Gasteiger partial charge in [-0.15, -0.1) is 0 Å². The van der Waals surface area contributed by atoms with E-state index in [4.69, 9.17) is 23.1 Å². The maximum atomic E-state index is 11.2. The van der Waals surface area contributed by atoms with Crippen molar-refractivity contribution in [3.63, 3.8) is 0 Å². The molecule has 100 valence electrons. The molecule has 0 radical (unpaired) electrons. The van der Waals surface area contributed by atoms with E-state index in [0.717, 1.165) is 32.2 Å². The summed E-state index contributed by atoms with van der Waals surface area (Å²) in [6.07, 6.45) is 4.77. The lowest BCUT2D eigenvalue weighted by atomic mass is 10.1. The molecule has 0 fully saturated rings. The maximum Gasteiger partial charge on any atom is 0.238 e. The molecule has 0 bridgehead atoms. The van der Waals surface area contributed by atoms with Gasteiger partial charge in [0, 0.05) is 6.54 Å². The molecule has 0 aromatic heterocycles. The van der Waals surface area contributed by atoms with E-state index in [9.17, 15) is 4.79 Å². The monoisotopic (exact) mass is 262 g/mol. The third-order valence-electron chi connectivity index (χ3n) is 2.39. The van der Waals surface area contributed by atoms with Gasteiger partial charge in [0.1, 0.15) is 0 Å². The van der Waals surface area contributed by atoms with Crippen LogP contribution in [0.5, 0.6) is 0 Å². The van der Waals surface area contributed by atoms with E-state index in [1.54, 1.807) is 0 Å². The summed E-state index contributed by atoms with van der Waals surface area (Å²) in [5.41, 5.74) is 10.4. The molecule has 0 aliphatic heterocycles. The molecule has 0 rings (SSSR count). The van der Waals surface area contributed by atoms with Gasteiger partial charge in [-0.05, 0) is 37.4 Å². The molecule has 0 aromatic rings. The topological polar surface area (TPSA) is 93.5 Å². The van der Waals surface area contributed by atoms with Crippen molar-refractivity contribution >= 4 is 22.8 Å². The van der Waals surface area contributed by atoms with Crippen LogP contribution in [0.4, 0.5) is 0 Å². The molecule has 0 heterocycles. The Labute approximate surface area is 108 Å². The Morgan fingerprint density at radius 1 is 1.35 bits per heavy atom. The number of nitrogens with two attached hydrogens (primary N) is 2. The third-order valence-corrected chi connectivity index (χ3v) is 2.65. The summed E-state index contributed by atoms with van der Waals surface area (Å²) in [7, 11) is 0. The second-order valence-electron chi connectivity index (χ2n) is 3.97. The smallest absolute Gasteiger partial charge is 0.238 e. The molecule has 17 heavy (non-hydrogen) atoms. The zero-order valence-corrected chi connectivity index (χ0v) is 11.2. The SMILES string of the molecule is CCCCCNC(CCCN=C(N)N)C(=O)Cl. The second-order valence-corrected chi connectivity index (χ2v) is 4.34.